The van der Waals surface area contributed by atoms with Crippen molar-refractivity contribution >= 4 is 55.5 Å². The minimum absolute atomic E-state index is 0. The molecule has 7 heteroatoms. The van der Waals surface area contributed by atoms with Crippen molar-refractivity contribution in [1.82, 2.24) is 9.38 Å². The van der Waals surface area contributed by atoms with Gasteiger partial charge in [0.15, 0.2) is 5.17 Å². The number of thioether (sulfide) groups is 1. The van der Waals surface area contributed by atoms with E-state index >= 15 is 0 Å². The minimum Gasteiger partial charge on any atom is -0.379 e. The van der Waals surface area contributed by atoms with Crippen LogP contribution in [0.15, 0.2) is 29.0 Å². The van der Waals surface area contributed by atoms with Crippen molar-refractivity contribution in [3.8, 4) is 0 Å². The molecule has 2 heterocycles. The third-order valence-electron chi connectivity index (χ3n) is 1.90. The van der Waals surface area contributed by atoms with Gasteiger partial charge in [-0.15, -0.1) is 17.0 Å². The van der Waals surface area contributed by atoms with E-state index in [1.54, 1.807) is 0 Å². The summed E-state index contributed by atoms with van der Waals surface area (Å²) in [5, 5.41) is 7.25. The van der Waals surface area contributed by atoms with E-state index in [4.69, 9.17) is 11.1 Å². The molecule has 0 atom stereocenters. The number of hydrogen-bond donors (Lipinski definition) is 2. The van der Waals surface area contributed by atoms with Crippen molar-refractivity contribution in [2.45, 2.75) is 5.75 Å². The minimum atomic E-state index is 0. The van der Waals surface area contributed by atoms with Gasteiger partial charge in [0.25, 0.3) is 0 Å². The number of fused-ring (bicyclic) bond motifs is 1. The van der Waals surface area contributed by atoms with Crippen molar-refractivity contribution in [2.24, 2.45) is 5.73 Å². The molecule has 0 amide bonds. The molecule has 0 aliphatic rings. The summed E-state index contributed by atoms with van der Waals surface area (Å²) in [6.45, 7) is 0. The number of rotatable bonds is 2. The molecule has 0 aliphatic heterocycles. The zero-order valence-corrected chi connectivity index (χ0v) is 12.3. The molecule has 16 heavy (non-hydrogen) atoms. The lowest BCUT2D eigenvalue weighted by Crippen LogP contribution is -2.03. The molecule has 2 rings (SSSR count). The van der Waals surface area contributed by atoms with Crippen molar-refractivity contribution in [2.75, 3.05) is 0 Å². The van der Waals surface area contributed by atoms with Gasteiger partial charge in [-0.1, -0.05) is 17.8 Å². The molecular formula is C9H10Br2N4S. The highest BCUT2D eigenvalue weighted by atomic mass is 79.9. The molecule has 0 fully saturated rings. The van der Waals surface area contributed by atoms with E-state index in [-0.39, 0.29) is 22.1 Å². The first kappa shape index (κ1) is 13.5. The molecule has 0 saturated carbocycles. The maximum atomic E-state index is 7.14. The van der Waals surface area contributed by atoms with Gasteiger partial charge >= 0.3 is 0 Å². The number of nitrogens with one attached hydrogen (secondary N) is 1. The number of aromatic nitrogens is 2. The van der Waals surface area contributed by atoms with Crippen LogP contribution in [0.1, 0.15) is 5.69 Å². The van der Waals surface area contributed by atoms with Gasteiger partial charge in [-0.25, -0.2) is 4.98 Å². The molecule has 0 spiro atoms. The fourth-order valence-corrected chi connectivity index (χ4v) is 2.46. The number of nitrogens with two attached hydrogens (primary N) is 1. The summed E-state index contributed by atoms with van der Waals surface area (Å²) in [5.74, 6) is 0.609. The third kappa shape index (κ3) is 2.78. The molecule has 4 nitrogen and oxygen atoms in total. The second kappa shape index (κ2) is 5.70. The van der Waals surface area contributed by atoms with Gasteiger partial charge in [0.05, 0.1) is 5.69 Å². The van der Waals surface area contributed by atoms with Gasteiger partial charge in [0.2, 0.25) is 0 Å². The predicted octanol–water partition coefficient (Wildman–Crippen LogP) is 2.80. The number of imidazole rings is 1. The Morgan fingerprint density at radius 1 is 1.56 bits per heavy atom. The van der Waals surface area contributed by atoms with Crippen molar-refractivity contribution in [1.29, 1.82) is 5.41 Å². The Hall–Kier alpha value is -0.530. The van der Waals surface area contributed by atoms with Crippen LogP contribution in [0.3, 0.4) is 0 Å². The van der Waals surface area contributed by atoms with Crippen LogP contribution in [0.5, 0.6) is 0 Å². The van der Waals surface area contributed by atoms with Crippen LogP contribution in [0, 0.1) is 5.41 Å². The quantitative estimate of drug-likeness (QED) is 0.635. The van der Waals surface area contributed by atoms with Crippen molar-refractivity contribution in [3.05, 3.63) is 34.7 Å². The monoisotopic (exact) mass is 364 g/mol. The average molecular weight is 366 g/mol. The van der Waals surface area contributed by atoms with Crippen molar-refractivity contribution < 1.29 is 0 Å². The molecule has 0 aliphatic carbocycles. The highest BCUT2D eigenvalue weighted by Gasteiger charge is 2.09. The van der Waals surface area contributed by atoms with E-state index < -0.39 is 0 Å². The van der Waals surface area contributed by atoms with E-state index in [2.05, 4.69) is 20.9 Å². The Balaban J connectivity index is 0.00000128. The number of halogens is 2. The van der Waals surface area contributed by atoms with E-state index in [9.17, 15) is 0 Å². The first-order valence-electron chi connectivity index (χ1n) is 4.27. The molecule has 0 bridgehead atoms. The second-order valence-corrected chi connectivity index (χ2v) is 4.70. The Labute approximate surface area is 116 Å². The fourth-order valence-electron chi connectivity index (χ4n) is 1.25. The number of hydrogen-bond acceptors (Lipinski definition) is 3. The van der Waals surface area contributed by atoms with Crippen LogP contribution in [0.2, 0.25) is 0 Å². The molecule has 3 N–H and O–H groups in total. The second-order valence-electron chi connectivity index (χ2n) is 2.93. The molecule has 2 aromatic heterocycles. The molecule has 2 aromatic rings. The topological polar surface area (TPSA) is 67.2 Å². The van der Waals surface area contributed by atoms with Gasteiger partial charge in [-0.3, -0.25) is 9.81 Å². The van der Waals surface area contributed by atoms with Crippen molar-refractivity contribution in [3.63, 3.8) is 0 Å². The summed E-state index contributed by atoms with van der Waals surface area (Å²) in [5.41, 5.74) is 7.08. The summed E-state index contributed by atoms with van der Waals surface area (Å²) < 4.78 is 2.88. The van der Waals surface area contributed by atoms with Crippen LogP contribution in [0.4, 0.5) is 0 Å². The van der Waals surface area contributed by atoms with E-state index in [1.165, 1.54) is 11.8 Å². The lowest BCUT2D eigenvalue weighted by atomic mass is 10.5. The number of amidine groups is 1. The summed E-state index contributed by atoms with van der Waals surface area (Å²) in [4.78, 5) is 4.43. The average Bonchev–Trinajstić information content (AvgIpc) is 2.54. The van der Waals surface area contributed by atoms with Gasteiger partial charge in [0, 0.05) is 11.9 Å². The lowest BCUT2D eigenvalue weighted by molar-refractivity contribution is 1.14. The van der Waals surface area contributed by atoms with E-state index in [1.807, 2.05) is 28.8 Å². The number of pyridine rings is 1. The zero-order valence-electron chi connectivity index (χ0n) is 8.18. The molecule has 0 radical (unpaired) electrons. The fraction of sp³-hybridized carbons (Fsp3) is 0.111. The third-order valence-corrected chi connectivity index (χ3v) is 3.47. The highest BCUT2D eigenvalue weighted by molar-refractivity contribution is 9.10. The summed E-state index contributed by atoms with van der Waals surface area (Å²) in [7, 11) is 0. The maximum absolute atomic E-state index is 7.14. The van der Waals surface area contributed by atoms with Crippen LogP contribution >= 0.6 is 44.7 Å². The molecule has 0 aromatic carbocycles. The summed E-state index contributed by atoms with van der Waals surface area (Å²) in [6, 6.07) is 5.82. The first-order chi connectivity index (χ1) is 7.18. The molecule has 0 unspecified atom stereocenters. The SMILES string of the molecule is Br.N=C(N)SCc1nc2ccccn2c1Br. The normalized spacial score (nSPS) is 10.1. The molecule has 0 saturated heterocycles. The van der Waals surface area contributed by atoms with Crippen LogP contribution in [-0.2, 0) is 5.75 Å². The van der Waals surface area contributed by atoms with Crippen LogP contribution < -0.4 is 5.73 Å². The van der Waals surface area contributed by atoms with Crippen LogP contribution in [-0.4, -0.2) is 14.6 Å². The summed E-state index contributed by atoms with van der Waals surface area (Å²) in [6.07, 6.45) is 1.94. The Bertz CT molecular complexity index is 511. The van der Waals surface area contributed by atoms with E-state index in [0.29, 0.717) is 5.75 Å². The first-order valence-corrected chi connectivity index (χ1v) is 6.04. The Kier molecular flexibility index (Phi) is 4.82. The van der Waals surface area contributed by atoms with Gasteiger partial charge in [-0.2, -0.15) is 0 Å². The molecule has 86 valence electrons. The Morgan fingerprint density at radius 2 is 2.31 bits per heavy atom. The number of nitrogens with zero attached hydrogens (tertiary/aromatic N) is 2. The van der Waals surface area contributed by atoms with Gasteiger partial charge in [-0.05, 0) is 28.1 Å². The lowest BCUT2D eigenvalue weighted by Gasteiger charge is -1.96. The summed E-state index contributed by atoms with van der Waals surface area (Å²) >= 11 is 4.75. The largest absolute Gasteiger partial charge is 0.379 e. The Morgan fingerprint density at radius 3 is 2.94 bits per heavy atom. The standard InChI is InChI=1S/C9H9BrN4S.BrH/c10-8-6(5-15-9(11)12)13-7-3-1-2-4-14(7)8;/h1-4H,5H2,(H3,11,12);1H. The zero-order chi connectivity index (χ0) is 10.8. The van der Waals surface area contributed by atoms with E-state index in [0.717, 1.165) is 15.9 Å². The molecular weight excluding hydrogens is 356 g/mol. The maximum Gasteiger partial charge on any atom is 0.151 e. The van der Waals surface area contributed by atoms with Gasteiger partial charge in [0.1, 0.15) is 10.3 Å². The van der Waals surface area contributed by atoms with Gasteiger partial charge < -0.3 is 5.73 Å². The smallest absolute Gasteiger partial charge is 0.151 e. The predicted molar refractivity (Wildman–Crippen MR) is 76.4 cm³/mol. The highest BCUT2D eigenvalue weighted by Crippen LogP contribution is 2.22. The van der Waals surface area contributed by atoms with Crippen LogP contribution in [0.25, 0.3) is 5.65 Å².